The molecule has 1 fully saturated rings. The van der Waals surface area contributed by atoms with Gasteiger partial charge in [0, 0.05) is 0 Å². The van der Waals surface area contributed by atoms with E-state index in [1.807, 2.05) is 0 Å². The van der Waals surface area contributed by atoms with E-state index in [1.54, 1.807) is 13.8 Å². The number of hydrogen-bond acceptors (Lipinski definition) is 4. The third-order valence-electron chi connectivity index (χ3n) is 2.66. The van der Waals surface area contributed by atoms with E-state index in [0.29, 0.717) is 12.8 Å². The summed E-state index contributed by atoms with van der Waals surface area (Å²) in [4.78, 5) is 23.2. The average molecular weight is 199 g/mol. The van der Waals surface area contributed by atoms with Crippen molar-refractivity contribution in [3.05, 3.63) is 0 Å². The van der Waals surface area contributed by atoms with E-state index in [2.05, 4.69) is 0 Å². The molecule has 0 bridgehead atoms. The molecule has 1 saturated carbocycles. The number of rotatable bonds is 4. The van der Waals surface area contributed by atoms with Crippen molar-refractivity contribution in [1.82, 2.24) is 0 Å². The number of ketones is 1. The van der Waals surface area contributed by atoms with Gasteiger partial charge < -0.3 is 10.5 Å². The summed E-state index contributed by atoms with van der Waals surface area (Å²) in [7, 11) is 0. The fourth-order valence-corrected chi connectivity index (χ4v) is 1.65. The van der Waals surface area contributed by atoms with Gasteiger partial charge in [-0.05, 0) is 26.7 Å². The Morgan fingerprint density at radius 1 is 1.43 bits per heavy atom. The molecule has 1 rings (SSSR count). The maximum Gasteiger partial charge on any atom is 0.319 e. The zero-order valence-corrected chi connectivity index (χ0v) is 8.71. The van der Waals surface area contributed by atoms with Crippen LogP contribution in [-0.2, 0) is 14.3 Å². The molecule has 1 aliphatic rings. The summed E-state index contributed by atoms with van der Waals surface area (Å²) in [5.74, 6) is -0.580. The predicted molar refractivity (Wildman–Crippen MR) is 51.6 cm³/mol. The minimum Gasteiger partial charge on any atom is -0.462 e. The van der Waals surface area contributed by atoms with E-state index >= 15 is 0 Å². The normalized spacial score (nSPS) is 18.9. The molecular weight excluding hydrogens is 182 g/mol. The van der Waals surface area contributed by atoms with Crippen molar-refractivity contribution in [1.29, 1.82) is 0 Å². The highest BCUT2D eigenvalue weighted by Crippen LogP contribution is 2.42. The Labute approximate surface area is 83.8 Å². The van der Waals surface area contributed by atoms with Crippen molar-refractivity contribution in [3.63, 3.8) is 0 Å². The van der Waals surface area contributed by atoms with Crippen LogP contribution in [0.1, 0.15) is 33.1 Å². The Bertz CT molecular complexity index is 244. The maximum atomic E-state index is 11.7. The zero-order valence-electron chi connectivity index (χ0n) is 8.71. The van der Waals surface area contributed by atoms with Gasteiger partial charge in [0.25, 0.3) is 0 Å². The molecule has 0 saturated heterocycles. The first kappa shape index (κ1) is 11.2. The average Bonchev–Trinajstić information content (AvgIpc) is 2.00. The number of carbonyl (C=O) groups is 2. The number of nitrogens with two attached hydrogens (primary N) is 1. The molecule has 0 heterocycles. The van der Waals surface area contributed by atoms with Gasteiger partial charge in [-0.25, -0.2) is 0 Å². The standard InChI is InChI=1S/C10H17NO3/c1-7(2)14-9(13)10(4-3-5-10)8(12)6-11/h7H,3-6,11H2,1-2H3. The summed E-state index contributed by atoms with van der Waals surface area (Å²) < 4.78 is 5.07. The van der Waals surface area contributed by atoms with Gasteiger partial charge >= 0.3 is 5.97 Å². The summed E-state index contributed by atoms with van der Waals surface area (Å²) in [5, 5.41) is 0. The van der Waals surface area contributed by atoms with Crippen molar-refractivity contribution in [2.24, 2.45) is 11.1 Å². The summed E-state index contributed by atoms with van der Waals surface area (Å²) in [6.45, 7) is 3.47. The number of esters is 1. The molecule has 1 aliphatic carbocycles. The Kier molecular flexibility index (Phi) is 3.26. The van der Waals surface area contributed by atoms with Crippen LogP contribution in [0.3, 0.4) is 0 Å². The SMILES string of the molecule is CC(C)OC(=O)C1(C(=O)CN)CCC1. The summed E-state index contributed by atoms with van der Waals surface area (Å²) >= 11 is 0. The molecule has 0 unspecified atom stereocenters. The molecule has 0 aliphatic heterocycles. The minimum atomic E-state index is -0.904. The van der Waals surface area contributed by atoms with Crippen molar-refractivity contribution in [2.45, 2.75) is 39.2 Å². The number of ether oxygens (including phenoxy) is 1. The molecule has 0 radical (unpaired) electrons. The van der Waals surface area contributed by atoms with E-state index in [0.717, 1.165) is 6.42 Å². The van der Waals surface area contributed by atoms with Gasteiger partial charge in [0.05, 0.1) is 12.6 Å². The van der Waals surface area contributed by atoms with Gasteiger partial charge in [-0.3, -0.25) is 9.59 Å². The molecule has 0 atom stereocenters. The summed E-state index contributed by atoms with van der Waals surface area (Å²) in [6.07, 6.45) is 1.91. The van der Waals surface area contributed by atoms with Crippen LogP contribution < -0.4 is 5.73 Å². The molecule has 4 nitrogen and oxygen atoms in total. The lowest BCUT2D eigenvalue weighted by atomic mass is 9.66. The molecule has 14 heavy (non-hydrogen) atoms. The molecule has 0 aromatic heterocycles. The van der Waals surface area contributed by atoms with E-state index in [1.165, 1.54) is 0 Å². The monoisotopic (exact) mass is 199 g/mol. The molecule has 0 amide bonds. The van der Waals surface area contributed by atoms with Crippen molar-refractivity contribution in [3.8, 4) is 0 Å². The predicted octanol–water partition coefficient (Wildman–Crippen LogP) is 0.636. The van der Waals surface area contributed by atoms with Crippen LogP contribution in [0, 0.1) is 5.41 Å². The van der Waals surface area contributed by atoms with E-state index < -0.39 is 11.4 Å². The zero-order chi connectivity index (χ0) is 10.8. The Hall–Kier alpha value is -0.900. The fourth-order valence-electron chi connectivity index (χ4n) is 1.65. The highest BCUT2D eigenvalue weighted by atomic mass is 16.5. The second-order valence-electron chi connectivity index (χ2n) is 4.02. The molecule has 0 aromatic carbocycles. The van der Waals surface area contributed by atoms with Crippen LogP contribution in [0.5, 0.6) is 0 Å². The third-order valence-corrected chi connectivity index (χ3v) is 2.66. The van der Waals surface area contributed by atoms with E-state index in [9.17, 15) is 9.59 Å². The van der Waals surface area contributed by atoms with Gasteiger partial charge in [-0.2, -0.15) is 0 Å². The Balaban J connectivity index is 2.70. The number of hydrogen-bond donors (Lipinski definition) is 1. The third kappa shape index (κ3) is 1.80. The van der Waals surface area contributed by atoms with Crippen molar-refractivity contribution < 1.29 is 14.3 Å². The molecule has 0 aromatic rings. The van der Waals surface area contributed by atoms with Crippen molar-refractivity contribution in [2.75, 3.05) is 6.54 Å². The van der Waals surface area contributed by atoms with Crippen LogP contribution in [0.25, 0.3) is 0 Å². The fraction of sp³-hybridized carbons (Fsp3) is 0.800. The topological polar surface area (TPSA) is 69.4 Å². The number of Topliss-reactive ketones (excluding diaryl/α,β-unsaturated/α-hetero) is 1. The summed E-state index contributed by atoms with van der Waals surface area (Å²) in [6, 6.07) is 0. The van der Waals surface area contributed by atoms with Crippen LogP contribution >= 0.6 is 0 Å². The van der Waals surface area contributed by atoms with Crippen LogP contribution in [0.2, 0.25) is 0 Å². The first-order valence-corrected chi connectivity index (χ1v) is 4.97. The molecule has 2 N–H and O–H groups in total. The molecule has 0 spiro atoms. The van der Waals surface area contributed by atoms with Gasteiger partial charge in [0.1, 0.15) is 5.41 Å². The highest BCUT2D eigenvalue weighted by Gasteiger charge is 2.51. The maximum absolute atomic E-state index is 11.7. The molecular formula is C10H17NO3. The minimum absolute atomic E-state index is 0.0762. The van der Waals surface area contributed by atoms with Gasteiger partial charge in [-0.1, -0.05) is 6.42 Å². The number of carbonyl (C=O) groups excluding carboxylic acids is 2. The quantitative estimate of drug-likeness (QED) is 0.532. The first-order chi connectivity index (χ1) is 6.53. The van der Waals surface area contributed by atoms with Gasteiger partial charge in [0.2, 0.25) is 0 Å². The van der Waals surface area contributed by atoms with Gasteiger partial charge in [-0.15, -0.1) is 0 Å². The largest absolute Gasteiger partial charge is 0.462 e. The Morgan fingerprint density at radius 3 is 2.29 bits per heavy atom. The van der Waals surface area contributed by atoms with E-state index in [4.69, 9.17) is 10.5 Å². The summed E-state index contributed by atoms with van der Waals surface area (Å²) in [5.41, 5.74) is 4.38. The van der Waals surface area contributed by atoms with Gasteiger partial charge in [0.15, 0.2) is 5.78 Å². The lowest BCUT2D eigenvalue weighted by molar-refractivity contribution is -0.169. The Morgan fingerprint density at radius 2 is 2.00 bits per heavy atom. The highest BCUT2D eigenvalue weighted by molar-refractivity contribution is 6.05. The van der Waals surface area contributed by atoms with Crippen LogP contribution in [0.15, 0.2) is 0 Å². The molecule has 4 heteroatoms. The molecule has 80 valence electrons. The van der Waals surface area contributed by atoms with Crippen molar-refractivity contribution >= 4 is 11.8 Å². The van der Waals surface area contributed by atoms with Crippen LogP contribution in [0.4, 0.5) is 0 Å². The lowest BCUT2D eigenvalue weighted by Gasteiger charge is -2.37. The second-order valence-corrected chi connectivity index (χ2v) is 4.02. The second kappa shape index (κ2) is 4.09. The lowest BCUT2D eigenvalue weighted by Crippen LogP contribution is -2.49. The smallest absolute Gasteiger partial charge is 0.319 e. The van der Waals surface area contributed by atoms with E-state index in [-0.39, 0.29) is 18.4 Å². The van der Waals surface area contributed by atoms with Crippen LogP contribution in [-0.4, -0.2) is 24.4 Å². The first-order valence-electron chi connectivity index (χ1n) is 4.97.